The number of hydrogen-bond donors (Lipinski definition) is 3. The molecule has 3 N–H and O–H groups in total. The Morgan fingerprint density at radius 3 is 2.24 bits per heavy atom. The van der Waals surface area contributed by atoms with Gasteiger partial charge in [-0.1, -0.05) is 41.9 Å². The molecule has 3 aromatic carbocycles. The van der Waals surface area contributed by atoms with E-state index in [0.717, 1.165) is 11.1 Å². The van der Waals surface area contributed by atoms with E-state index in [2.05, 4.69) is 21.2 Å². The zero-order valence-corrected chi connectivity index (χ0v) is 19.3. The van der Waals surface area contributed by atoms with E-state index in [0.29, 0.717) is 27.7 Å². The summed E-state index contributed by atoms with van der Waals surface area (Å²) in [5.41, 5.74) is 5.67. The topological polar surface area (TPSA) is 109 Å². The number of para-hydroxylation sites is 2. The Balaban J connectivity index is 1.46. The first-order valence-corrected chi connectivity index (χ1v) is 10.7. The Labute approximate surface area is 202 Å². The highest BCUT2D eigenvalue weighted by Crippen LogP contribution is 2.21. The summed E-state index contributed by atoms with van der Waals surface area (Å²) in [6.45, 7) is 3.50. The summed E-state index contributed by atoms with van der Waals surface area (Å²) in [6.07, 6.45) is 1.39. The maximum absolute atomic E-state index is 12.1. The number of hydrazone groups is 1. The van der Waals surface area contributed by atoms with Crippen LogP contribution in [0.4, 0.5) is 11.4 Å². The van der Waals surface area contributed by atoms with Crippen molar-refractivity contribution in [2.45, 2.75) is 13.8 Å². The van der Waals surface area contributed by atoms with Crippen LogP contribution in [-0.4, -0.2) is 30.5 Å². The van der Waals surface area contributed by atoms with E-state index >= 15 is 0 Å². The van der Waals surface area contributed by atoms with Gasteiger partial charge in [-0.15, -0.1) is 0 Å². The Kier molecular flexibility index (Phi) is 8.37. The van der Waals surface area contributed by atoms with Gasteiger partial charge in [0.2, 0.25) is 0 Å². The Morgan fingerprint density at radius 2 is 1.56 bits per heavy atom. The van der Waals surface area contributed by atoms with Gasteiger partial charge in [0, 0.05) is 5.69 Å². The molecule has 0 bridgehead atoms. The van der Waals surface area contributed by atoms with Crippen molar-refractivity contribution >= 4 is 46.9 Å². The fourth-order valence-corrected chi connectivity index (χ4v) is 3.13. The summed E-state index contributed by atoms with van der Waals surface area (Å²) < 4.78 is 5.46. The molecule has 3 aromatic rings. The van der Waals surface area contributed by atoms with Gasteiger partial charge >= 0.3 is 11.8 Å². The van der Waals surface area contributed by atoms with Crippen molar-refractivity contribution in [2.24, 2.45) is 5.10 Å². The fourth-order valence-electron chi connectivity index (χ4n) is 2.95. The third-order valence-corrected chi connectivity index (χ3v) is 5.03. The molecule has 0 heterocycles. The highest BCUT2D eigenvalue weighted by atomic mass is 35.5. The second-order valence-electron chi connectivity index (χ2n) is 7.31. The van der Waals surface area contributed by atoms with Crippen molar-refractivity contribution in [1.82, 2.24) is 5.43 Å². The molecule has 3 rings (SSSR count). The summed E-state index contributed by atoms with van der Waals surface area (Å²) in [5, 5.41) is 9.51. The Hall–Kier alpha value is -4.17. The molecule has 0 fully saturated rings. The van der Waals surface area contributed by atoms with Crippen LogP contribution in [0.25, 0.3) is 0 Å². The number of anilines is 2. The van der Waals surface area contributed by atoms with Crippen LogP contribution < -0.4 is 20.8 Å². The molecule has 34 heavy (non-hydrogen) atoms. The lowest BCUT2D eigenvalue weighted by atomic mass is 10.1. The number of hydrogen-bond acceptors (Lipinski definition) is 5. The van der Waals surface area contributed by atoms with Gasteiger partial charge in [0.1, 0.15) is 5.75 Å². The summed E-state index contributed by atoms with van der Waals surface area (Å²) in [7, 11) is 0. The number of nitrogens with zero attached hydrogens (tertiary/aromatic N) is 1. The predicted molar refractivity (Wildman–Crippen MR) is 132 cm³/mol. The van der Waals surface area contributed by atoms with E-state index in [4.69, 9.17) is 16.3 Å². The smallest absolute Gasteiger partial charge is 0.329 e. The summed E-state index contributed by atoms with van der Waals surface area (Å²) in [4.78, 5) is 36.2. The van der Waals surface area contributed by atoms with Gasteiger partial charge in [0.15, 0.2) is 6.61 Å². The average molecular weight is 479 g/mol. The number of ether oxygens (including phenoxy) is 1. The third kappa shape index (κ3) is 6.91. The lowest BCUT2D eigenvalue weighted by molar-refractivity contribution is -0.136. The van der Waals surface area contributed by atoms with E-state index in [1.807, 2.05) is 32.0 Å². The molecule has 8 nitrogen and oxygen atoms in total. The van der Waals surface area contributed by atoms with Crippen LogP contribution >= 0.6 is 11.6 Å². The van der Waals surface area contributed by atoms with Gasteiger partial charge in [-0.25, -0.2) is 5.43 Å². The van der Waals surface area contributed by atoms with E-state index in [-0.39, 0.29) is 12.5 Å². The molecule has 0 aliphatic carbocycles. The van der Waals surface area contributed by atoms with Crippen molar-refractivity contribution in [3.8, 4) is 5.75 Å². The number of halogens is 1. The molecule has 0 aromatic heterocycles. The molecule has 9 heteroatoms. The van der Waals surface area contributed by atoms with Gasteiger partial charge in [-0.3, -0.25) is 14.4 Å². The lowest BCUT2D eigenvalue weighted by Gasteiger charge is -2.10. The standard InChI is InChI=1S/C25H23ClN4O4/c1-16-6-5-7-17(2)23(16)29-24(32)25(33)30-27-14-18-10-12-19(13-11-18)34-15-22(31)28-21-9-4-3-8-20(21)26/h3-14H,15H2,1-2H3,(H,28,31)(H,29,32)(H,30,33)/b27-14-. The molecule has 0 radical (unpaired) electrons. The van der Waals surface area contributed by atoms with Crippen LogP contribution in [0.5, 0.6) is 5.75 Å². The first-order chi connectivity index (χ1) is 16.3. The van der Waals surface area contributed by atoms with Crippen LogP contribution in [0.3, 0.4) is 0 Å². The highest BCUT2D eigenvalue weighted by Gasteiger charge is 2.15. The van der Waals surface area contributed by atoms with E-state index in [1.165, 1.54) is 6.21 Å². The third-order valence-electron chi connectivity index (χ3n) is 4.70. The molecule has 0 aliphatic rings. The van der Waals surface area contributed by atoms with Crippen molar-refractivity contribution in [3.63, 3.8) is 0 Å². The van der Waals surface area contributed by atoms with Gasteiger partial charge < -0.3 is 15.4 Å². The minimum atomic E-state index is -0.886. The number of carbonyl (C=O) groups excluding carboxylic acids is 3. The summed E-state index contributed by atoms with van der Waals surface area (Å²) in [5.74, 6) is -1.57. The van der Waals surface area contributed by atoms with E-state index in [1.54, 1.807) is 48.5 Å². The van der Waals surface area contributed by atoms with Crippen molar-refractivity contribution in [1.29, 1.82) is 0 Å². The second-order valence-corrected chi connectivity index (χ2v) is 7.71. The van der Waals surface area contributed by atoms with Crippen molar-refractivity contribution < 1.29 is 19.1 Å². The van der Waals surface area contributed by atoms with Gasteiger partial charge in [-0.2, -0.15) is 5.10 Å². The van der Waals surface area contributed by atoms with Gasteiger partial charge in [0.25, 0.3) is 5.91 Å². The zero-order chi connectivity index (χ0) is 24.5. The minimum Gasteiger partial charge on any atom is -0.484 e. The molecular weight excluding hydrogens is 456 g/mol. The monoisotopic (exact) mass is 478 g/mol. The molecule has 174 valence electrons. The van der Waals surface area contributed by atoms with E-state index < -0.39 is 11.8 Å². The summed E-state index contributed by atoms with van der Waals surface area (Å²) in [6, 6.07) is 19.2. The molecular formula is C25H23ClN4O4. The van der Waals surface area contributed by atoms with Crippen molar-refractivity contribution in [3.05, 3.63) is 88.4 Å². The zero-order valence-electron chi connectivity index (χ0n) is 18.6. The van der Waals surface area contributed by atoms with Crippen LogP contribution in [0.15, 0.2) is 71.8 Å². The molecule has 3 amide bonds. The van der Waals surface area contributed by atoms with Crippen molar-refractivity contribution in [2.75, 3.05) is 17.2 Å². The summed E-state index contributed by atoms with van der Waals surface area (Å²) >= 11 is 6.01. The average Bonchev–Trinajstić information content (AvgIpc) is 2.82. The maximum Gasteiger partial charge on any atom is 0.329 e. The number of nitrogens with one attached hydrogen (secondary N) is 3. The van der Waals surface area contributed by atoms with Crippen LogP contribution in [0, 0.1) is 13.8 Å². The predicted octanol–water partition coefficient (Wildman–Crippen LogP) is 4.06. The normalized spacial score (nSPS) is 10.6. The minimum absolute atomic E-state index is 0.190. The van der Waals surface area contributed by atoms with Crippen LogP contribution in [0.2, 0.25) is 5.02 Å². The number of amides is 3. The second kappa shape index (κ2) is 11.6. The molecule has 0 saturated carbocycles. The molecule has 0 unspecified atom stereocenters. The Morgan fingerprint density at radius 1 is 0.882 bits per heavy atom. The number of benzene rings is 3. The lowest BCUT2D eigenvalue weighted by Crippen LogP contribution is -2.32. The highest BCUT2D eigenvalue weighted by molar-refractivity contribution is 6.39. The maximum atomic E-state index is 12.1. The first-order valence-electron chi connectivity index (χ1n) is 10.3. The quantitative estimate of drug-likeness (QED) is 0.270. The van der Waals surface area contributed by atoms with Crippen LogP contribution in [-0.2, 0) is 14.4 Å². The fraction of sp³-hybridized carbons (Fsp3) is 0.120. The van der Waals surface area contributed by atoms with Gasteiger partial charge in [-0.05, 0) is 66.9 Å². The number of aryl methyl sites for hydroxylation is 2. The van der Waals surface area contributed by atoms with Gasteiger partial charge in [0.05, 0.1) is 16.9 Å². The molecule has 0 aliphatic heterocycles. The number of carbonyl (C=O) groups is 3. The van der Waals surface area contributed by atoms with Crippen LogP contribution in [0.1, 0.15) is 16.7 Å². The molecule has 0 saturated heterocycles. The van der Waals surface area contributed by atoms with E-state index in [9.17, 15) is 14.4 Å². The SMILES string of the molecule is Cc1cccc(C)c1NC(=O)C(=O)N/N=C\c1ccc(OCC(=O)Nc2ccccc2Cl)cc1. The molecule has 0 atom stereocenters. The molecule has 0 spiro atoms. The first kappa shape index (κ1) is 24.5. The number of rotatable bonds is 7. The largest absolute Gasteiger partial charge is 0.484 e. The Bertz CT molecular complexity index is 1210.